The summed E-state index contributed by atoms with van der Waals surface area (Å²) in [4.78, 5) is 7.53. The van der Waals surface area contributed by atoms with E-state index in [2.05, 4.69) is 9.97 Å². The van der Waals surface area contributed by atoms with Gasteiger partial charge >= 0.3 is 0 Å². The first-order chi connectivity index (χ1) is 6.79. The van der Waals surface area contributed by atoms with E-state index in [1.807, 2.05) is 25.1 Å². The van der Waals surface area contributed by atoms with Crippen LogP contribution in [0.4, 0.5) is 0 Å². The minimum atomic E-state index is 0.225. The number of aromatic amines is 1. The molecule has 0 saturated carbocycles. The van der Waals surface area contributed by atoms with Gasteiger partial charge < -0.3 is 10.1 Å². The third-order valence-electron chi connectivity index (χ3n) is 2.32. The van der Waals surface area contributed by atoms with Gasteiger partial charge in [-0.1, -0.05) is 6.92 Å². The number of hydrogen-bond acceptors (Lipinski definition) is 2. The molecule has 0 spiro atoms. The SMILES string of the molecule is CC(CO)Cc1cc2ncccc2[nH]1. The average Bonchev–Trinajstić information content (AvgIpc) is 2.59. The Morgan fingerprint density at radius 1 is 1.57 bits per heavy atom. The second-order valence-corrected chi connectivity index (χ2v) is 3.72. The Hall–Kier alpha value is -1.35. The summed E-state index contributed by atoms with van der Waals surface area (Å²) < 4.78 is 0. The molecule has 2 heterocycles. The molecule has 74 valence electrons. The van der Waals surface area contributed by atoms with Gasteiger partial charge in [-0.25, -0.2) is 0 Å². The largest absolute Gasteiger partial charge is 0.396 e. The summed E-state index contributed by atoms with van der Waals surface area (Å²) in [6.45, 7) is 2.25. The highest BCUT2D eigenvalue weighted by molar-refractivity contribution is 5.75. The second-order valence-electron chi connectivity index (χ2n) is 3.72. The first kappa shape index (κ1) is 9.21. The van der Waals surface area contributed by atoms with Crippen LogP contribution in [0.15, 0.2) is 24.4 Å². The van der Waals surface area contributed by atoms with Crippen molar-refractivity contribution in [1.29, 1.82) is 0 Å². The number of pyridine rings is 1. The first-order valence-electron chi connectivity index (χ1n) is 4.83. The fourth-order valence-corrected chi connectivity index (χ4v) is 1.56. The van der Waals surface area contributed by atoms with Crippen molar-refractivity contribution >= 4 is 11.0 Å². The molecule has 2 aromatic rings. The van der Waals surface area contributed by atoms with Crippen LogP contribution in [0.3, 0.4) is 0 Å². The molecular weight excluding hydrogens is 176 g/mol. The number of nitrogens with one attached hydrogen (secondary N) is 1. The molecule has 0 amide bonds. The summed E-state index contributed by atoms with van der Waals surface area (Å²) in [7, 11) is 0. The minimum Gasteiger partial charge on any atom is -0.396 e. The zero-order valence-electron chi connectivity index (χ0n) is 8.20. The Morgan fingerprint density at radius 2 is 2.43 bits per heavy atom. The van der Waals surface area contributed by atoms with E-state index in [0.29, 0.717) is 5.92 Å². The van der Waals surface area contributed by atoms with E-state index in [9.17, 15) is 0 Å². The van der Waals surface area contributed by atoms with Gasteiger partial charge in [0.15, 0.2) is 0 Å². The Morgan fingerprint density at radius 3 is 3.14 bits per heavy atom. The maximum atomic E-state index is 8.94. The third kappa shape index (κ3) is 1.77. The molecule has 0 aliphatic heterocycles. The van der Waals surface area contributed by atoms with Gasteiger partial charge in [-0.2, -0.15) is 0 Å². The van der Waals surface area contributed by atoms with Crippen LogP contribution in [0.1, 0.15) is 12.6 Å². The van der Waals surface area contributed by atoms with E-state index in [1.165, 1.54) is 0 Å². The fourth-order valence-electron chi connectivity index (χ4n) is 1.56. The molecule has 2 aromatic heterocycles. The molecule has 2 rings (SSSR count). The van der Waals surface area contributed by atoms with Crippen LogP contribution in [0.2, 0.25) is 0 Å². The van der Waals surface area contributed by atoms with Crippen molar-refractivity contribution in [2.75, 3.05) is 6.61 Å². The van der Waals surface area contributed by atoms with Crippen molar-refractivity contribution in [2.24, 2.45) is 5.92 Å². The number of aliphatic hydroxyl groups is 1. The van der Waals surface area contributed by atoms with Crippen LogP contribution in [0.5, 0.6) is 0 Å². The lowest BCUT2D eigenvalue weighted by atomic mass is 10.1. The van der Waals surface area contributed by atoms with Crippen molar-refractivity contribution in [3.05, 3.63) is 30.1 Å². The van der Waals surface area contributed by atoms with Crippen LogP contribution in [0.25, 0.3) is 11.0 Å². The topological polar surface area (TPSA) is 48.9 Å². The highest BCUT2D eigenvalue weighted by atomic mass is 16.3. The molecule has 0 radical (unpaired) electrons. The van der Waals surface area contributed by atoms with Gasteiger partial charge in [-0.3, -0.25) is 4.98 Å². The molecule has 0 fully saturated rings. The van der Waals surface area contributed by atoms with Gasteiger partial charge in [0, 0.05) is 18.5 Å². The van der Waals surface area contributed by atoms with Crippen molar-refractivity contribution in [1.82, 2.24) is 9.97 Å². The zero-order valence-corrected chi connectivity index (χ0v) is 8.20. The molecule has 14 heavy (non-hydrogen) atoms. The lowest BCUT2D eigenvalue weighted by Crippen LogP contribution is -2.04. The van der Waals surface area contributed by atoms with E-state index in [-0.39, 0.29) is 6.61 Å². The normalized spacial score (nSPS) is 13.3. The fraction of sp³-hybridized carbons (Fsp3) is 0.364. The maximum absolute atomic E-state index is 8.94. The van der Waals surface area contributed by atoms with Gasteiger partial charge in [-0.05, 0) is 30.5 Å². The number of aliphatic hydroxyl groups excluding tert-OH is 1. The van der Waals surface area contributed by atoms with E-state index >= 15 is 0 Å². The highest BCUT2D eigenvalue weighted by Gasteiger charge is 2.05. The smallest absolute Gasteiger partial charge is 0.0881 e. The van der Waals surface area contributed by atoms with E-state index < -0.39 is 0 Å². The number of aromatic nitrogens is 2. The van der Waals surface area contributed by atoms with Crippen LogP contribution in [-0.4, -0.2) is 21.7 Å². The molecule has 0 saturated heterocycles. The Kier molecular flexibility index (Phi) is 2.50. The number of rotatable bonds is 3. The predicted molar refractivity (Wildman–Crippen MR) is 56.0 cm³/mol. The summed E-state index contributed by atoms with van der Waals surface area (Å²) in [6, 6.07) is 5.97. The van der Waals surface area contributed by atoms with E-state index in [4.69, 9.17) is 5.11 Å². The third-order valence-corrected chi connectivity index (χ3v) is 2.32. The Labute approximate surface area is 82.8 Å². The van der Waals surface area contributed by atoms with Crippen molar-refractivity contribution in [3.8, 4) is 0 Å². The van der Waals surface area contributed by atoms with Crippen molar-refractivity contribution in [3.63, 3.8) is 0 Å². The molecule has 0 bridgehead atoms. The average molecular weight is 190 g/mol. The predicted octanol–water partition coefficient (Wildman–Crippen LogP) is 1.73. The molecule has 0 aromatic carbocycles. The van der Waals surface area contributed by atoms with E-state index in [1.54, 1.807) is 6.20 Å². The summed E-state index contributed by atoms with van der Waals surface area (Å²) in [5, 5.41) is 8.94. The second kappa shape index (κ2) is 3.80. The molecular formula is C11H14N2O. The van der Waals surface area contributed by atoms with Crippen LogP contribution in [0, 0.1) is 5.92 Å². The van der Waals surface area contributed by atoms with Crippen LogP contribution < -0.4 is 0 Å². The van der Waals surface area contributed by atoms with Gasteiger partial charge in [-0.15, -0.1) is 0 Å². The summed E-state index contributed by atoms with van der Waals surface area (Å²) in [6.07, 6.45) is 2.66. The van der Waals surface area contributed by atoms with Gasteiger partial charge in [0.1, 0.15) is 0 Å². The van der Waals surface area contributed by atoms with Crippen LogP contribution in [-0.2, 0) is 6.42 Å². The lowest BCUT2D eigenvalue weighted by Gasteiger charge is -2.04. The number of fused-ring (bicyclic) bond motifs is 1. The molecule has 1 unspecified atom stereocenters. The summed E-state index contributed by atoms with van der Waals surface area (Å²) in [5.74, 6) is 0.295. The maximum Gasteiger partial charge on any atom is 0.0881 e. The highest BCUT2D eigenvalue weighted by Crippen LogP contribution is 2.14. The molecule has 0 aliphatic rings. The molecule has 0 aliphatic carbocycles. The lowest BCUT2D eigenvalue weighted by molar-refractivity contribution is 0.236. The number of H-pyrrole nitrogens is 1. The number of hydrogen-bond donors (Lipinski definition) is 2. The standard InChI is InChI=1S/C11H14N2O/c1-8(7-14)5-9-6-11-10(13-9)3-2-4-12-11/h2-4,6,8,13-14H,5,7H2,1H3. The Bertz CT molecular complexity index is 389. The molecule has 3 heteroatoms. The number of nitrogens with zero attached hydrogens (tertiary/aromatic N) is 1. The van der Waals surface area contributed by atoms with Gasteiger partial charge in [0.05, 0.1) is 11.0 Å². The summed E-state index contributed by atoms with van der Waals surface area (Å²) in [5.41, 5.74) is 3.19. The zero-order chi connectivity index (χ0) is 9.97. The minimum absolute atomic E-state index is 0.225. The van der Waals surface area contributed by atoms with Crippen LogP contribution >= 0.6 is 0 Å². The first-order valence-corrected chi connectivity index (χ1v) is 4.83. The molecule has 2 N–H and O–H groups in total. The molecule has 3 nitrogen and oxygen atoms in total. The monoisotopic (exact) mass is 190 g/mol. The van der Waals surface area contributed by atoms with Crippen molar-refractivity contribution < 1.29 is 5.11 Å². The van der Waals surface area contributed by atoms with Gasteiger partial charge in [0.25, 0.3) is 0 Å². The molecule has 1 atom stereocenters. The quantitative estimate of drug-likeness (QED) is 0.774. The van der Waals surface area contributed by atoms with Gasteiger partial charge in [0.2, 0.25) is 0 Å². The van der Waals surface area contributed by atoms with E-state index in [0.717, 1.165) is 23.1 Å². The Balaban J connectivity index is 2.27. The van der Waals surface area contributed by atoms with Crippen molar-refractivity contribution in [2.45, 2.75) is 13.3 Å². The summed E-state index contributed by atoms with van der Waals surface area (Å²) >= 11 is 0.